The summed E-state index contributed by atoms with van der Waals surface area (Å²) in [4.78, 5) is 0. The molecule has 3 nitrogen and oxygen atoms in total. The second-order valence-corrected chi connectivity index (χ2v) is 3.43. The summed E-state index contributed by atoms with van der Waals surface area (Å²) in [6.07, 6.45) is 5.87. The van der Waals surface area contributed by atoms with E-state index >= 15 is 0 Å². The van der Waals surface area contributed by atoms with Gasteiger partial charge in [0.1, 0.15) is 0 Å². The predicted molar refractivity (Wildman–Crippen MR) is 49.4 cm³/mol. The van der Waals surface area contributed by atoms with Gasteiger partial charge in [0.2, 0.25) is 0 Å². The largest absolute Gasteiger partial charge is 0.472 e. The molecule has 1 fully saturated rings. The summed E-state index contributed by atoms with van der Waals surface area (Å²) >= 11 is 0. The molecule has 1 unspecified atom stereocenters. The maximum absolute atomic E-state index is 5.37. The Morgan fingerprint density at radius 2 is 2.54 bits per heavy atom. The molecule has 1 aromatic heterocycles. The SMILES string of the molecule is c1cc(CNC2CCCOC2)co1. The number of furan rings is 1. The molecule has 2 rings (SSSR count). The third kappa shape index (κ3) is 2.57. The van der Waals surface area contributed by atoms with Crippen molar-refractivity contribution in [2.75, 3.05) is 13.2 Å². The van der Waals surface area contributed by atoms with Gasteiger partial charge in [0.15, 0.2) is 0 Å². The summed E-state index contributed by atoms with van der Waals surface area (Å²) in [5, 5.41) is 3.44. The average molecular weight is 181 g/mol. The average Bonchev–Trinajstić information content (AvgIpc) is 2.69. The monoisotopic (exact) mass is 181 g/mol. The Kier molecular flexibility index (Phi) is 3.00. The second-order valence-electron chi connectivity index (χ2n) is 3.43. The lowest BCUT2D eigenvalue weighted by molar-refractivity contribution is 0.0699. The lowest BCUT2D eigenvalue weighted by Gasteiger charge is -2.22. The van der Waals surface area contributed by atoms with Gasteiger partial charge in [0, 0.05) is 24.8 Å². The van der Waals surface area contributed by atoms with Gasteiger partial charge in [-0.1, -0.05) is 0 Å². The molecule has 72 valence electrons. The van der Waals surface area contributed by atoms with Crippen LogP contribution in [0.3, 0.4) is 0 Å². The van der Waals surface area contributed by atoms with Crippen LogP contribution in [0.2, 0.25) is 0 Å². The summed E-state index contributed by atoms with van der Waals surface area (Å²) in [5.74, 6) is 0. The standard InChI is InChI=1S/C10H15NO2/c1-2-10(8-12-4-1)11-6-9-3-5-13-7-9/h3,5,7,10-11H,1-2,4,6,8H2. The Morgan fingerprint density at radius 3 is 3.23 bits per heavy atom. The van der Waals surface area contributed by atoms with E-state index in [1.807, 2.05) is 6.07 Å². The van der Waals surface area contributed by atoms with Gasteiger partial charge >= 0.3 is 0 Å². The second kappa shape index (κ2) is 4.44. The Balaban J connectivity index is 1.72. The summed E-state index contributed by atoms with van der Waals surface area (Å²) in [7, 11) is 0. The van der Waals surface area contributed by atoms with Crippen LogP contribution in [0.25, 0.3) is 0 Å². The van der Waals surface area contributed by atoms with Crippen molar-refractivity contribution in [2.45, 2.75) is 25.4 Å². The van der Waals surface area contributed by atoms with Gasteiger partial charge in [-0.15, -0.1) is 0 Å². The van der Waals surface area contributed by atoms with E-state index in [4.69, 9.17) is 9.15 Å². The van der Waals surface area contributed by atoms with Gasteiger partial charge in [-0.25, -0.2) is 0 Å². The van der Waals surface area contributed by atoms with Crippen LogP contribution >= 0.6 is 0 Å². The van der Waals surface area contributed by atoms with E-state index < -0.39 is 0 Å². The summed E-state index contributed by atoms with van der Waals surface area (Å²) in [5.41, 5.74) is 1.20. The topological polar surface area (TPSA) is 34.4 Å². The summed E-state index contributed by atoms with van der Waals surface area (Å²) < 4.78 is 10.3. The predicted octanol–water partition coefficient (Wildman–Crippen LogP) is 1.55. The van der Waals surface area contributed by atoms with E-state index in [1.54, 1.807) is 12.5 Å². The minimum atomic E-state index is 0.517. The molecular formula is C10H15NO2. The normalized spacial score (nSPS) is 23.2. The van der Waals surface area contributed by atoms with Crippen LogP contribution < -0.4 is 5.32 Å². The molecule has 2 heterocycles. The number of ether oxygens (including phenoxy) is 1. The molecule has 0 aromatic carbocycles. The molecule has 0 amide bonds. The van der Waals surface area contributed by atoms with Crippen LogP contribution in [0.5, 0.6) is 0 Å². The van der Waals surface area contributed by atoms with Crippen molar-refractivity contribution in [3.8, 4) is 0 Å². The van der Waals surface area contributed by atoms with Crippen LogP contribution in [0.4, 0.5) is 0 Å². The molecule has 1 aliphatic heterocycles. The molecule has 0 radical (unpaired) electrons. The fraction of sp³-hybridized carbons (Fsp3) is 0.600. The lowest BCUT2D eigenvalue weighted by atomic mass is 10.1. The third-order valence-corrected chi connectivity index (χ3v) is 2.34. The lowest BCUT2D eigenvalue weighted by Crippen LogP contribution is -2.36. The maximum atomic E-state index is 5.37. The molecule has 0 bridgehead atoms. The van der Waals surface area contributed by atoms with Crippen molar-refractivity contribution < 1.29 is 9.15 Å². The van der Waals surface area contributed by atoms with Gasteiger partial charge < -0.3 is 14.5 Å². The van der Waals surface area contributed by atoms with E-state index in [1.165, 1.54) is 18.4 Å². The molecule has 13 heavy (non-hydrogen) atoms. The highest BCUT2D eigenvalue weighted by Gasteiger charge is 2.12. The van der Waals surface area contributed by atoms with Crippen LogP contribution in [0.15, 0.2) is 23.0 Å². The molecule has 0 spiro atoms. The van der Waals surface area contributed by atoms with Gasteiger partial charge in [-0.3, -0.25) is 0 Å². The van der Waals surface area contributed by atoms with E-state index in [-0.39, 0.29) is 0 Å². The van der Waals surface area contributed by atoms with E-state index in [9.17, 15) is 0 Å². The molecule has 1 saturated heterocycles. The first kappa shape index (κ1) is 8.78. The Bertz CT molecular complexity index is 227. The minimum Gasteiger partial charge on any atom is -0.472 e. The first-order valence-electron chi connectivity index (χ1n) is 4.77. The fourth-order valence-electron chi connectivity index (χ4n) is 1.56. The highest BCUT2D eigenvalue weighted by molar-refractivity contribution is 5.04. The van der Waals surface area contributed by atoms with E-state index in [0.717, 1.165) is 19.8 Å². The summed E-state index contributed by atoms with van der Waals surface area (Å²) in [6.45, 7) is 2.65. The van der Waals surface area contributed by atoms with Gasteiger partial charge in [0.05, 0.1) is 19.1 Å². The van der Waals surface area contributed by atoms with E-state index in [0.29, 0.717) is 6.04 Å². The number of hydrogen-bond donors (Lipinski definition) is 1. The van der Waals surface area contributed by atoms with Crippen molar-refractivity contribution in [3.63, 3.8) is 0 Å². The zero-order valence-electron chi connectivity index (χ0n) is 7.66. The summed E-state index contributed by atoms with van der Waals surface area (Å²) in [6, 6.07) is 2.50. The number of rotatable bonds is 3. The fourth-order valence-corrected chi connectivity index (χ4v) is 1.56. The van der Waals surface area contributed by atoms with Crippen molar-refractivity contribution >= 4 is 0 Å². The van der Waals surface area contributed by atoms with E-state index in [2.05, 4.69) is 5.32 Å². The molecule has 1 atom stereocenters. The van der Waals surface area contributed by atoms with Crippen LogP contribution in [0.1, 0.15) is 18.4 Å². The number of hydrogen-bond acceptors (Lipinski definition) is 3. The maximum Gasteiger partial charge on any atom is 0.0947 e. The van der Waals surface area contributed by atoms with Crippen molar-refractivity contribution in [1.82, 2.24) is 5.32 Å². The first-order valence-corrected chi connectivity index (χ1v) is 4.77. The van der Waals surface area contributed by atoms with Gasteiger partial charge in [-0.05, 0) is 18.9 Å². The van der Waals surface area contributed by atoms with Crippen molar-refractivity contribution in [1.29, 1.82) is 0 Å². The zero-order chi connectivity index (χ0) is 8.93. The molecule has 1 aromatic rings. The van der Waals surface area contributed by atoms with Crippen molar-refractivity contribution in [3.05, 3.63) is 24.2 Å². The van der Waals surface area contributed by atoms with Gasteiger partial charge in [0.25, 0.3) is 0 Å². The Morgan fingerprint density at radius 1 is 1.54 bits per heavy atom. The zero-order valence-corrected chi connectivity index (χ0v) is 7.66. The molecule has 1 aliphatic rings. The van der Waals surface area contributed by atoms with Crippen LogP contribution in [-0.4, -0.2) is 19.3 Å². The highest BCUT2D eigenvalue weighted by atomic mass is 16.5. The molecular weight excluding hydrogens is 166 g/mol. The number of nitrogens with one attached hydrogen (secondary N) is 1. The minimum absolute atomic E-state index is 0.517. The van der Waals surface area contributed by atoms with Crippen molar-refractivity contribution in [2.24, 2.45) is 0 Å². The smallest absolute Gasteiger partial charge is 0.0947 e. The van der Waals surface area contributed by atoms with Crippen LogP contribution in [-0.2, 0) is 11.3 Å². The quantitative estimate of drug-likeness (QED) is 0.768. The molecule has 1 N–H and O–H groups in total. The molecule has 0 aliphatic carbocycles. The Labute approximate surface area is 78.1 Å². The first-order chi connectivity index (χ1) is 6.45. The molecule has 3 heteroatoms. The Hall–Kier alpha value is -0.800. The molecule has 0 saturated carbocycles. The third-order valence-electron chi connectivity index (χ3n) is 2.34. The van der Waals surface area contributed by atoms with Gasteiger partial charge in [-0.2, -0.15) is 0 Å². The highest BCUT2D eigenvalue weighted by Crippen LogP contribution is 2.07. The van der Waals surface area contributed by atoms with Crippen LogP contribution in [0, 0.1) is 0 Å².